The van der Waals surface area contributed by atoms with Gasteiger partial charge in [0.2, 0.25) is 5.56 Å². The first kappa shape index (κ1) is 22.4. The molecule has 1 aliphatic rings. The van der Waals surface area contributed by atoms with E-state index in [1.54, 1.807) is 6.92 Å². The van der Waals surface area contributed by atoms with E-state index in [-0.39, 0.29) is 44.9 Å². The van der Waals surface area contributed by atoms with Crippen LogP contribution in [0, 0.1) is 5.82 Å². The Morgan fingerprint density at radius 3 is 2.62 bits per heavy atom. The minimum Gasteiger partial charge on any atom is -0.506 e. The van der Waals surface area contributed by atoms with Crippen molar-refractivity contribution < 1.29 is 27.8 Å². The molecule has 0 saturated heterocycles. The minimum absolute atomic E-state index is 0.00617. The molecule has 4 N–H and O–H groups in total. The summed E-state index contributed by atoms with van der Waals surface area (Å²) in [7, 11) is 0. The third kappa shape index (κ3) is 3.49. The monoisotopic (exact) mass is 470 g/mol. The maximum absolute atomic E-state index is 14.2. The van der Waals surface area contributed by atoms with Crippen LogP contribution >= 0.6 is 11.6 Å². The predicted molar refractivity (Wildman–Crippen MR) is 113 cm³/mol. The van der Waals surface area contributed by atoms with E-state index in [0.717, 1.165) is 18.2 Å². The maximum Gasteiger partial charge on any atom is 0.419 e. The van der Waals surface area contributed by atoms with Gasteiger partial charge >= 0.3 is 6.18 Å². The summed E-state index contributed by atoms with van der Waals surface area (Å²) in [6.07, 6.45) is -5.55. The van der Waals surface area contributed by atoms with Crippen molar-refractivity contribution in [3.05, 3.63) is 68.7 Å². The summed E-state index contributed by atoms with van der Waals surface area (Å²) in [5.74, 6) is -1.95. The molecule has 170 valence electrons. The number of pyridine rings is 1. The Labute approximate surface area is 184 Å². The lowest BCUT2D eigenvalue weighted by Crippen LogP contribution is -2.55. The Balaban J connectivity index is 1.96. The maximum atomic E-state index is 14.2. The number of alkyl halides is 3. The van der Waals surface area contributed by atoms with Crippen LogP contribution < -0.4 is 10.9 Å². The molecule has 1 aromatic heterocycles. The molecule has 0 aliphatic heterocycles. The molecule has 3 atom stereocenters. The van der Waals surface area contributed by atoms with Crippen molar-refractivity contribution in [1.29, 1.82) is 0 Å². The number of halogens is 5. The van der Waals surface area contributed by atoms with E-state index in [2.05, 4.69) is 10.3 Å². The quantitative estimate of drug-likeness (QED) is 0.388. The number of nitrogens with one attached hydrogen (secondary N) is 2. The number of phenolic OH excluding ortho intramolecular Hbond substituents is 1. The standard InChI is InChI=1S/C22H19ClF4N2O3/c1-2-10-9-21(32,22(25,26)27)20(13-3-5-14(23)19(31)18(10)13)29-16-8-11(24)7-15-12(16)4-6-17(30)28-15/h3-8,10,20,29,31-32H,2,9H2,1H3,(H,28,30)/t10-,20-,21+/m0/s1. The molecule has 0 spiro atoms. The summed E-state index contributed by atoms with van der Waals surface area (Å²) in [6.45, 7) is 1.65. The number of aromatic hydroxyl groups is 1. The van der Waals surface area contributed by atoms with Gasteiger partial charge in [0.05, 0.1) is 16.6 Å². The van der Waals surface area contributed by atoms with Crippen LogP contribution in [0.3, 0.4) is 0 Å². The summed E-state index contributed by atoms with van der Waals surface area (Å²) in [5.41, 5.74) is -3.49. The number of hydrogen-bond acceptors (Lipinski definition) is 4. The van der Waals surface area contributed by atoms with Gasteiger partial charge in [-0.25, -0.2) is 4.39 Å². The first-order valence-electron chi connectivity index (χ1n) is 9.85. The largest absolute Gasteiger partial charge is 0.506 e. The summed E-state index contributed by atoms with van der Waals surface area (Å²) in [6, 6.07) is 5.33. The van der Waals surface area contributed by atoms with Gasteiger partial charge in [-0.1, -0.05) is 24.6 Å². The van der Waals surface area contributed by atoms with Gasteiger partial charge < -0.3 is 20.5 Å². The molecule has 0 fully saturated rings. The zero-order valence-corrected chi connectivity index (χ0v) is 17.5. The highest BCUT2D eigenvalue weighted by molar-refractivity contribution is 6.32. The Hall–Kier alpha value is -2.78. The highest BCUT2D eigenvalue weighted by Gasteiger charge is 2.62. The van der Waals surface area contributed by atoms with Crippen molar-refractivity contribution in [3.63, 3.8) is 0 Å². The number of aliphatic hydroxyl groups is 1. The van der Waals surface area contributed by atoms with Crippen LogP contribution in [-0.4, -0.2) is 27.0 Å². The second-order valence-electron chi connectivity index (χ2n) is 7.94. The fourth-order valence-corrected chi connectivity index (χ4v) is 4.63. The van der Waals surface area contributed by atoms with Crippen molar-refractivity contribution >= 4 is 28.2 Å². The van der Waals surface area contributed by atoms with E-state index in [4.69, 9.17) is 11.6 Å². The molecule has 3 aromatic rings. The van der Waals surface area contributed by atoms with Crippen molar-refractivity contribution in [1.82, 2.24) is 4.98 Å². The average Bonchev–Trinajstić information content (AvgIpc) is 2.70. The molecule has 10 heteroatoms. The SMILES string of the molecule is CC[C@H]1C[C@](O)(C(F)(F)F)[C@@H](Nc2cc(F)cc3[nH]c(=O)ccc23)c2ccc(Cl)c(O)c21. The lowest BCUT2D eigenvalue weighted by Gasteiger charge is -2.46. The number of anilines is 1. The van der Waals surface area contributed by atoms with E-state index < -0.39 is 41.5 Å². The molecule has 4 rings (SSSR count). The van der Waals surface area contributed by atoms with Gasteiger partial charge in [-0.15, -0.1) is 0 Å². The lowest BCUT2D eigenvalue weighted by molar-refractivity contribution is -0.272. The molecule has 1 aliphatic carbocycles. The van der Waals surface area contributed by atoms with Gasteiger partial charge in [0, 0.05) is 22.7 Å². The lowest BCUT2D eigenvalue weighted by atomic mass is 9.69. The third-order valence-corrected chi connectivity index (χ3v) is 6.35. The molecule has 0 amide bonds. The average molecular weight is 471 g/mol. The Bertz CT molecular complexity index is 1260. The Kier molecular flexibility index (Phi) is 5.37. The Morgan fingerprint density at radius 2 is 1.97 bits per heavy atom. The molecule has 0 bridgehead atoms. The summed E-state index contributed by atoms with van der Waals surface area (Å²) < 4.78 is 56.9. The summed E-state index contributed by atoms with van der Waals surface area (Å²) >= 11 is 6.01. The molecule has 0 saturated carbocycles. The molecule has 1 heterocycles. The fourth-order valence-electron chi connectivity index (χ4n) is 4.46. The van der Waals surface area contributed by atoms with Gasteiger partial charge in [0.15, 0.2) is 5.60 Å². The zero-order chi connectivity index (χ0) is 23.4. The predicted octanol–water partition coefficient (Wildman–Crippen LogP) is 5.37. The number of aromatic amines is 1. The van der Waals surface area contributed by atoms with E-state index in [9.17, 15) is 32.6 Å². The van der Waals surface area contributed by atoms with E-state index in [1.165, 1.54) is 18.2 Å². The van der Waals surface area contributed by atoms with Crippen LogP contribution in [0.5, 0.6) is 5.75 Å². The topological polar surface area (TPSA) is 85.4 Å². The number of hydrogen-bond donors (Lipinski definition) is 4. The normalized spacial score (nSPS) is 23.2. The van der Waals surface area contributed by atoms with E-state index >= 15 is 0 Å². The number of H-pyrrole nitrogens is 1. The van der Waals surface area contributed by atoms with Crippen molar-refractivity contribution in [3.8, 4) is 5.75 Å². The van der Waals surface area contributed by atoms with Crippen LogP contribution in [0.4, 0.5) is 23.2 Å². The molecular formula is C22H19ClF4N2O3. The molecule has 0 unspecified atom stereocenters. The highest BCUT2D eigenvalue weighted by Crippen LogP contribution is 2.56. The molecule has 5 nitrogen and oxygen atoms in total. The summed E-state index contributed by atoms with van der Waals surface area (Å²) in [5, 5.41) is 24.4. The van der Waals surface area contributed by atoms with Gasteiger partial charge in [0.25, 0.3) is 0 Å². The van der Waals surface area contributed by atoms with E-state index in [1.807, 2.05) is 0 Å². The second kappa shape index (κ2) is 7.67. The Morgan fingerprint density at radius 1 is 1.25 bits per heavy atom. The number of benzene rings is 2. The highest BCUT2D eigenvalue weighted by atomic mass is 35.5. The van der Waals surface area contributed by atoms with Crippen LogP contribution in [0.25, 0.3) is 10.9 Å². The second-order valence-corrected chi connectivity index (χ2v) is 8.35. The zero-order valence-electron chi connectivity index (χ0n) is 16.7. The van der Waals surface area contributed by atoms with E-state index in [0.29, 0.717) is 0 Å². The number of aromatic nitrogens is 1. The smallest absolute Gasteiger partial charge is 0.419 e. The number of rotatable bonds is 3. The molecule has 0 radical (unpaired) electrons. The van der Waals surface area contributed by atoms with Crippen LogP contribution in [-0.2, 0) is 0 Å². The fraction of sp³-hybridized carbons (Fsp3) is 0.318. The van der Waals surface area contributed by atoms with Gasteiger partial charge in [-0.05, 0) is 48.6 Å². The van der Waals surface area contributed by atoms with Gasteiger partial charge in [-0.3, -0.25) is 4.79 Å². The molecular weight excluding hydrogens is 452 g/mol. The first-order valence-corrected chi connectivity index (χ1v) is 10.2. The molecule has 2 aromatic carbocycles. The van der Waals surface area contributed by atoms with Crippen LogP contribution in [0.1, 0.15) is 42.9 Å². The number of fused-ring (bicyclic) bond motifs is 2. The van der Waals surface area contributed by atoms with Crippen LogP contribution in [0.15, 0.2) is 41.2 Å². The van der Waals surface area contributed by atoms with Gasteiger partial charge in [-0.2, -0.15) is 13.2 Å². The first-order chi connectivity index (χ1) is 15.0. The van der Waals surface area contributed by atoms with Crippen molar-refractivity contribution in [2.24, 2.45) is 0 Å². The van der Waals surface area contributed by atoms with Crippen LogP contribution in [0.2, 0.25) is 5.02 Å². The minimum atomic E-state index is -5.04. The van der Waals surface area contributed by atoms with Crippen molar-refractivity contribution in [2.45, 2.75) is 43.5 Å². The van der Waals surface area contributed by atoms with Gasteiger partial charge in [0.1, 0.15) is 11.6 Å². The third-order valence-electron chi connectivity index (χ3n) is 6.04. The number of phenols is 1. The molecule has 32 heavy (non-hydrogen) atoms. The van der Waals surface area contributed by atoms with Crippen molar-refractivity contribution in [2.75, 3.05) is 5.32 Å². The summed E-state index contributed by atoms with van der Waals surface area (Å²) in [4.78, 5) is 14.0.